The van der Waals surface area contributed by atoms with Crippen molar-refractivity contribution >= 4 is 11.8 Å². The fourth-order valence-corrected chi connectivity index (χ4v) is 3.04. The third kappa shape index (κ3) is 2.17. The Kier molecular flexibility index (Phi) is 2.92. The van der Waals surface area contributed by atoms with Crippen LogP contribution in [0.15, 0.2) is 0 Å². The second-order valence-corrected chi connectivity index (χ2v) is 6.08. The lowest BCUT2D eigenvalue weighted by molar-refractivity contribution is -0.142. The van der Waals surface area contributed by atoms with E-state index in [1.807, 2.05) is 4.90 Å². The van der Waals surface area contributed by atoms with E-state index in [2.05, 4.69) is 12.2 Å². The first-order valence-electron chi connectivity index (χ1n) is 6.48. The Balaban J connectivity index is 2.27. The number of nitrogens with one attached hydrogen (secondary N) is 1. The van der Waals surface area contributed by atoms with Gasteiger partial charge >= 0.3 is 0 Å². The average Bonchev–Trinajstić information content (AvgIpc) is 2.60. The first-order valence-corrected chi connectivity index (χ1v) is 6.48. The van der Waals surface area contributed by atoms with Crippen LogP contribution in [-0.2, 0) is 9.59 Å². The van der Waals surface area contributed by atoms with Crippen molar-refractivity contribution in [3.63, 3.8) is 0 Å². The second kappa shape index (κ2) is 4.00. The molecular weight excluding hydrogens is 216 g/mol. The van der Waals surface area contributed by atoms with Crippen molar-refractivity contribution in [1.29, 1.82) is 0 Å². The van der Waals surface area contributed by atoms with Crippen molar-refractivity contribution in [2.24, 2.45) is 0 Å². The summed E-state index contributed by atoms with van der Waals surface area (Å²) < 4.78 is 0. The summed E-state index contributed by atoms with van der Waals surface area (Å²) in [5.41, 5.74) is -0.806. The maximum Gasteiger partial charge on any atom is 0.248 e. The van der Waals surface area contributed by atoms with E-state index in [4.69, 9.17) is 0 Å². The minimum atomic E-state index is -0.765. The van der Waals surface area contributed by atoms with E-state index < -0.39 is 5.54 Å². The molecule has 1 N–H and O–H groups in total. The molecule has 1 saturated carbocycles. The van der Waals surface area contributed by atoms with Crippen LogP contribution in [0.4, 0.5) is 0 Å². The standard InChI is InChI=1S/C13H22N2O2/c1-12(2)11(17)15(9-6-10(16)14-12)13(3)7-4-5-8-13/h4-9H2,1-3H3,(H,14,16). The fourth-order valence-electron chi connectivity index (χ4n) is 3.04. The van der Waals surface area contributed by atoms with Gasteiger partial charge in [-0.1, -0.05) is 12.8 Å². The van der Waals surface area contributed by atoms with E-state index in [1.165, 1.54) is 12.8 Å². The predicted molar refractivity (Wildman–Crippen MR) is 65.4 cm³/mol. The summed E-state index contributed by atoms with van der Waals surface area (Å²) in [5, 5.41) is 2.81. The van der Waals surface area contributed by atoms with Crippen LogP contribution in [-0.4, -0.2) is 34.3 Å². The molecule has 2 rings (SSSR count). The van der Waals surface area contributed by atoms with Gasteiger partial charge in [0.2, 0.25) is 11.8 Å². The van der Waals surface area contributed by atoms with E-state index in [0.717, 1.165) is 12.8 Å². The SMILES string of the molecule is CC1(C)NC(=O)CCN(C2(C)CCCC2)C1=O. The molecule has 1 heterocycles. The first kappa shape index (κ1) is 12.4. The molecule has 4 heteroatoms. The Labute approximate surface area is 103 Å². The van der Waals surface area contributed by atoms with Crippen LogP contribution in [0.25, 0.3) is 0 Å². The third-order valence-corrected chi connectivity index (χ3v) is 4.13. The first-order chi connectivity index (χ1) is 7.85. The molecule has 0 aromatic heterocycles. The van der Waals surface area contributed by atoms with E-state index in [0.29, 0.717) is 13.0 Å². The highest BCUT2D eigenvalue weighted by Gasteiger charge is 2.45. The monoisotopic (exact) mass is 238 g/mol. The van der Waals surface area contributed by atoms with Crippen LogP contribution >= 0.6 is 0 Å². The molecule has 96 valence electrons. The predicted octanol–water partition coefficient (Wildman–Crippen LogP) is 1.45. The lowest BCUT2D eigenvalue weighted by Gasteiger charge is -2.40. The van der Waals surface area contributed by atoms with Gasteiger partial charge in [0.15, 0.2) is 0 Å². The van der Waals surface area contributed by atoms with Gasteiger partial charge in [-0.3, -0.25) is 9.59 Å². The van der Waals surface area contributed by atoms with Crippen LogP contribution in [0.5, 0.6) is 0 Å². The summed E-state index contributed by atoms with van der Waals surface area (Å²) in [7, 11) is 0. The van der Waals surface area contributed by atoms with Gasteiger partial charge in [-0.05, 0) is 33.6 Å². The van der Waals surface area contributed by atoms with Gasteiger partial charge in [0.25, 0.3) is 0 Å². The molecule has 0 unspecified atom stereocenters. The zero-order chi connectivity index (χ0) is 12.7. The van der Waals surface area contributed by atoms with Crippen molar-refractivity contribution in [3.8, 4) is 0 Å². The highest BCUT2D eigenvalue weighted by atomic mass is 16.2. The molecule has 1 aliphatic carbocycles. The molecule has 2 fully saturated rings. The van der Waals surface area contributed by atoms with Crippen molar-refractivity contribution in [3.05, 3.63) is 0 Å². The summed E-state index contributed by atoms with van der Waals surface area (Å²) >= 11 is 0. The van der Waals surface area contributed by atoms with Crippen molar-refractivity contribution in [1.82, 2.24) is 10.2 Å². The molecule has 0 radical (unpaired) electrons. The maximum absolute atomic E-state index is 12.5. The van der Waals surface area contributed by atoms with Gasteiger partial charge in [-0.2, -0.15) is 0 Å². The minimum Gasteiger partial charge on any atom is -0.342 e. The van der Waals surface area contributed by atoms with E-state index in [-0.39, 0.29) is 17.4 Å². The van der Waals surface area contributed by atoms with Crippen molar-refractivity contribution in [2.75, 3.05) is 6.54 Å². The molecule has 4 nitrogen and oxygen atoms in total. The fraction of sp³-hybridized carbons (Fsp3) is 0.846. The Morgan fingerprint density at radius 2 is 1.71 bits per heavy atom. The molecule has 0 atom stereocenters. The summed E-state index contributed by atoms with van der Waals surface area (Å²) in [6, 6.07) is 0. The Bertz CT molecular complexity index is 343. The van der Waals surface area contributed by atoms with Crippen molar-refractivity contribution in [2.45, 2.75) is 64.0 Å². The number of amides is 2. The van der Waals surface area contributed by atoms with Gasteiger partial charge in [-0.25, -0.2) is 0 Å². The molecule has 1 aliphatic heterocycles. The van der Waals surface area contributed by atoms with E-state index >= 15 is 0 Å². The molecule has 2 aliphatic rings. The molecular formula is C13H22N2O2. The summed E-state index contributed by atoms with van der Waals surface area (Å²) in [6.07, 6.45) is 4.90. The molecule has 2 amide bonds. The topological polar surface area (TPSA) is 49.4 Å². The zero-order valence-electron chi connectivity index (χ0n) is 11.0. The molecule has 0 aromatic carbocycles. The highest BCUT2D eigenvalue weighted by molar-refractivity contribution is 5.93. The summed E-state index contributed by atoms with van der Waals surface area (Å²) in [5.74, 6) is 0.0418. The minimum absolute atomic E-state index is 0.0209. The average molecular weight is 238 g/mol. The third-order valence-electron chi connectivity index (χ3n) is 4.13. The summed E-state index contributed by atoms with van der Waals surface area (Å²) in [6.45, 7) is 6.31. The zero-order valence-corrected chi connectivity index (χ0v) is 11.0. The summed E-state index contributed by atoms with van der Waals surface area (Å²) in [4.78, 5) is 26.1. The molecule has 1 saturated heterocycles. The number of carbonyl (C=O) groups excluding carboxylic acids is 2. The lowest BCUT2D eigenvalue weighted by Crippen LogP contribution is -2.58. The largest absolute Gasteiger partial charge is 0.342 e. The van der Waals surface area contributed by atoms with Crippen LogP contribution in [0, 0.1) is 0 Å². The molecule has 0 spiro atoms. The maximum atomic E-state index is 12.5. The number of hydrogen-bond acceptors (Lipinski definition) is 2. The Hall–Kier alpha value is -1.06. The Morgan fingerprint density at radius 1 is 1.12 bits per heavy atom. The van der Waals surface area contributed by atoms with E-state index in [9.17, 15) is 9.59 Å². The molecule has 0 bridgehead atoms. The number of carbonyl (C=O) groups is 2. The highest BCUT2D eigenvalue weighted by Crippen LogP contribution is 2.36. The normalized spacial score (nSPS) is 27.8. The van der Waals surface area contributed by atoms with Crippen molar-refractivity contribution < 1.29 is 9.59 Å². The van der Waals surface area contributed by atoms with E-state index in [1.54, 1.807) is 13.8 Å². The van der Waals surface area contributed by atoms with Gasteiger partial charge in [0, 0.05) is 18.5 Å². The van der Waals surface area contributed by atoms with Crippen LogP contribution in [0.3, 0.4) is 0 Å². The van der Waals surface area contributed by atoms with Crippen LogP contribution < -0.4 is 5.32 Å². The number of nitrogens with zero attached hydrogens (tertiary/aromatic N) is 1. The van der Waals surface area contributed by atoms with Crippen LogP contribution in [0.1, 0.15) is 52.9 Å². The Morgan fingerprint density at radius 3 is 2.29 bits per heavy atom. The van der Waals surface area contributed by atoms with Gasteiger partial charge in [-0.15, -0.1) is 0 Å². The van der Waals surface area contributed by atoms with Gasteiger partial charge < -0.3 is 10.2 Å². The smallest absolute Gasteiger partial charge is 0.248 e. The molecule has 17 heavy (non-hydrogen) atoms. The number of hydrogen-bond donors (Lipinski definition) is 1. The van der Waals surface area contributed by atoms with Crippen LogP contribution in [0.2, 0.25) is 0 Å². The van der Waals surface area contributed by atoms with Gasteiger partial charge in [0.1, 0.15) is 5.54 Å². The molecule has 0 aromatic rings. The van der Waals surface area contributed by atoms with Gasteiger partial charge in [0.05, 0.1) is 0 Å². The second-order valence-electron chi connectivity index (χ2n) is 6.08. The quantitative estimate of drug-likeness (QED) is 0.751. The number of rotatable bonds is 1. The lowest BCUT2D eigenvalue weighted by atomic mass is 9.94.